The molecule has 2 aromatic rings. The molecule has 0 spiro atoms. The van der Waals surface area contributed by atoms with Gasteiger partial charge in [-0.1, -0.05) is 24.3 Å². The molecule has 0 unspecified atom stereocenters. The van der Waals surface area contributed by atoms with Crippen molar-refractivity contribution >= 4 is 28.9 Å². The zero-order chi connectivity index (χ0) is 31.1. The fourth-order valence-corrected chi connectivity index (χ4v) is 7.62. The van der Waals surface area contributed by atoms with Gasteiger partial charge in [-0.25, -0.2) is 0 Å². The van der Waals surface area contributed by atoms with Crippen LogP contribution < -0.4 is 10.6 Å². The maximum atomic E-state index is 14.2. The Bertz CT molecular complexity index is 1630. The van der Waals surface area contributed by atoms with Gasteiger partial charge in [0.2, 0.25) is 5.78 Å². The van der Waals surface area contributed by atoms with Crippen LogP contribution in [0.1, 0.15) is 34.2 Å². The Morgan fingerprint density at radius 2 is 1.70 bits per heavy atom. The van der Waals surface area contributed by atoms with E-state index in [9.17, 15) is 34.8 Å². The Morgan fingerprint density at radius 3 is 2.26 bits per heavy atom. The van der Waals surface area contributed by atoms with E-state index in [1.165, 1.54) is 16.0 Å². The molecule has 11 nitrogen and oxygen atoms in total. The molecule has 0 saturated heterocycles. The van der Waals surface area contributed by atoms with Crippen LogP contribution in [0.5, 0.6) is 5.75 Å². The Labute approximate surface area is 249 Å². The number of phenolic OH excluding ortho intramolecular Hbond substituents is 1. The third-order valence-corrected chi connectivity index (χ3v) is 9.56. The van der Waals surface area contributed by atoms with Crippen LogP contribution in [0.15, 0.2) is 47.2 Å². The maximum absolute atomic E-state index is 14.2. The SMILES string of the molecule is CN(C)c1cc(CN2Cc3ccccc3C2)c(O)c2c1C[C@@H]1C[C@@H]3[C@@H](N(C)C)C(=O)C(C(N)=O)=C(O)[C@]3(O)C(=O)C1=C2O. The summed E-state index contributed by atoms with van der Waals surface area (Å²) in [7, 11) is 6.88. The number of aliphatic hydroxyl groups excluding tert-OH is 2. The van der Waals surface area contributed by atoms with Crippen molar-refractivity contribution in [2.45, 2.75) is 44.1 Å². The number of amides is 1. The summed E-state index contributed by atoms with van der Waals surface area (Å²) in [5, 5.41) is 46.2. The van der Waals surface area contributed by atoms with Crippen LogP contribution in [-0.4, -0.2) is 87.5 Å². The number of carbonyl (C=O) groups excluding carboxylic acids is 3. The number of aliphatic hydroxyl groups is 3. The number of hydrogen-bond acceptors (Lipinski definition) is 10. The molecule has 6 N–H and O–H groups in total. The second kappa shape index (κ2) is 9.94. The first-order valence-corrected chi connectivity index (χ1v) is 14.3. The molecular weight excluding hydrogens is 552 g/mol. The Balaban J connectivity index is 1.48. The van der Waals surface area contributed by atoms with Gasteiger partial charge in [-0.3, -0.25) is 24.2 Å². The van der Waals surface area contributed by atoms with Gasteiger partial charge in [-0.05, 0) is 55.6 Å². The van der Waals surface area contributed by atoms with Crippen molar-refractivity contribution in [3.63, 3.8) is 0 Å². The van der Waals surface area contributed by atoms with E-state index in [-0.39, 0.29) is 29.7 Å². The average molecular weight is 589 g/mol. The highest BCUT2D eigenvalue weighted by Gasteiger charge is 2.64. The summed E-state index contributed by atoms with van der Waals surface area (Å²) in [6, 6.07) is 8.91. The van der Waals surface area contributed by atoms with E-state index in [1.54, 1.807) is 14.1 Å². The average Bonchev–Trinajstić information content (AvgIpc) is 3.34. The molecule has 1 heterocycles. The molecule has 0 bridgehead atoms. The predicted molar refractivity (Wildman–Crippen MR) is 158 cm³/mol. The van der Waals surface area contributed by atoms with Crippen LogP contribution in [0.2, 0.25) is 0 Å². The molecule has 0 radical (unpaired) electrons. The minimum atomic E-state index is -2.66. The number of aromatic hydroxyl groups is 1. The van der Waals surface area contributed by atoms with Crippen LogP contribution in [0.3, 0.4) is 0 Å². The van der Waals surface area contributed by atoms with Crippen molar-refractivity contribution < 1.29 is 34.8 Å². The van der Waals surface area contributed by atoms with Gasteiger partial charge in [0.05, 0.1) is 11.6 Å². The predicted octanol–water partition coefficient (Wildman–Crippen LogP) is 1.55. The molecule has 0 aromatic heterocycles. The van der Waals surface area contributed by atoms with Crippen LogP contribution in [-0.2, 0) is 40.4 Å². The number of nitrogens with zero attached hydrogens (tertiary/aromatic N) is 3. The van der Waals surface area contributed by atoms with Crippen LogP contribution in [0.25, 0.3) is 5.76 Å². The second-order valence-corrected chi connectivity index (χ2v) is 12.5. The Morgan fingerprint density at radius 1 is 1.07 bits per heavy atom. The number of likely N-dealkylation sites (N-methyl/N-ethyl adjacent to an activating group) is 1. The molecule has 43 heavy (non-hydrogen) atoms. The zero-order valence-corrected chi connectivity index (χ0v) is 24.6. The number of rotatable bonds is 5. The number of carbonyl (C=O) groups is 3. The number of ketones is 2. The highest BCUT2D eigenvalue weighted by molar-refractivity contribution is 6.24. The summed E-state index contributed by atoms with van der Waals surface area (Å²) in [5.74, 6) is -6.52. The number of anilines is 1. The lowest BCUT2D eigenvalue weighted by Crippen LogP contribution is -2.65. The summed E-state index contributed by atoms with van der Waals surface area (Å²) in [6.07, 6.45) is 0.290. The van der Waals surface area contributed by atoms with Gasteiger partial charge in [0.15, 0.2) is 11.4 Å². The molecule has 1 saturated carbocycles. The standard InChI is InChI=1S/C32H36N4O7/c1-34(2)21-11-18(14-36-12-15-7-5-6-8-16(15)13-36)26(37)23-19(21)9-17-10-20-25(35(3)4)28(39)24(31(33)42)30(41)32(20,43)29(40)22(17)27(23)38/h5-8,11,17,20,25,37-38,41,43H,9-10,12-14H2,1-4H3,(H2,33,42)/t17-,20-,25-,32-/m1/s1. The lowest BCUT2D eigenvalue weighted by molar-refractivity contribution is -0.153. The van der Waals surface area contributed by atoms with Gasteiger partial charge >= 0.3 is 0 Å². The van der Waals surface area contributed by atoms with E-state index in [0.717, 1.165) is 5.69 Å². The quantitative estimate of drug-likeness (QED) is 0.323. The number of phenols is 1. The monoisotopic (exact) mass is 588 g/mol. The van der Waals surface area contributed by atoms with Crippen molar-refractivity contribution in [1.29, 1.82) is 0 Å². The minimum Gasteiger partial charge on any atom is -0.508 e. The summed E-state index contributed by atoms with van der Waals surface area (Å²) < 4.78 is 0. The van der Waals surface area contributed by atoms with Gasteiger partial charge in [0.1, 0.15) is 22.8 Å². The maximum Gasteiger partial charge on any atom is 0.255 e. The largest absolute Gasteiger partial charge is 0.508 e. The van der Waals surface area contributed by atoms with Crippen molar-refractivity contribution in [2.24, 2.45) is 17.6 Å². The van der Waals surface area contributed by atoms with Crippen LogP contribution in [0, 0.1) is 11.8 Å². The molecule has 4 atom stereocenters. The molecule has 11 heteroatoms. The van der Waals surface area contributed by atoms with E-state index in [2.05, 4.69) is 17.0 Å². The smallest absolute Gasteiger partial charge is 0.255 e. The van der Waals surface area contributed by atoms with E-state index < -0.39 is 58.0 Å². The van der Waals surface area contributed by atoms with E-state index in [1.807, 2.05) is 37.2 Å². The minimum absolute atomic E-state index is 0.0488. The molecular formula is C32H36N4O7. The molecule has 1 amide bonds. The van der Waals surface area contributed by atoms with E-state index >= 15 is 0 Å². The normalized spacial score (nSPS) is 26.8. The highest BCUT2D eigenvalue weighted by Crippen LogP contribution is 2.54. The summed E-state index contributed by atoms with van der Waals surface area (Å²) >= 11 is 0. The topological polar surface area (TPSA) is 168 Å². The number of primary amides is 1. The Kier molecular flexibility index (Phi) is 6.68. The third-order valence-electron chi connectivity index (χ3n) is 9.56. The first kappa shape index (κ1) is 28.9. The molecule has 226 valence electrons. The number of benzene rings is 2. The Hall–Kier alpha value is -4.19. The fourth-order valence-electron chi connectivity index (χ4n) is 7.62. The van der Waals surface area contributed by atoms with Crippen LogP contribution >= 0.6 is 0 Å². The summed E-state index contributed by atoms with van der Waals surface area (Å²) in [6.45, 7) is 1.79. The fraction of sp³-hybridized carbons (Fsp3) is 0.406. The molecule has 2 aromatic carbocycles. The number of hydrogen-bond donors (Lipinski definition) is 5. The summed E-state index contributed by atoms with van der Waals surface area (Å²) in [5.41, 5.74) is 6.27. The van der Waals surface area contributed by atoms with Gasteiger partial charge in [0.25, 0.3) is 5.91 Å². The number of Topliss-reactive ketones (excluding diaryl/α,β-unsaturated/α-hetero) is 2. The first-order valence-electron chi connectivity index (χ1n) is 14.3. The lowest BCUT2D eigenvalue weighted by Gasteiger charge is -2.50. The van der Waals surface area contributed by atoms with E-state index in [4.69, 9.17) is 5.73 Å². The van der Waals surface area contributed by atoms with Crippen LogP contribution in [0.4, 0.5) is 5.69 Å². The van der Waals surface area contributed by atoms with Crippen molar-refractivity contribution in [2.75, 3.05) is 33.1 Å². The molecule has 6 rings (SSSR count). The lowest BCUT2D eigenvalue weighted by atomic mass is 9.57. The second-order valence-electron chi connectivity index (χ2n) is 12.5. The number of nitrogens with two attached hydrogens (primary N) is 1. The van der Waals surface area contributed by atoms with E-state index in [0.29, 0.717) is 30.8 Å². The third kappa shape index (κ3) is 4.10. The van der Waals surface area contributed by atoms with Crippen molar-refractivity contribution in [3.05, 3.63) is 75.1 Å². The van der Waals surface area contributed by atoms with Crippen molar-refractivity contribution in [3.8, 4) is 5.75 Å². The van der Waals surface area contributed by atoms with Gasteiger partial charge in [0, 0.05) is 56.5 Å². The van der Waals surface area contributed by atoms with Gasteiger partial charge in [-0.15, -0.1) is 0 Å². The first-order chi connectivity index (χ1) is 20.3. The molecule has 1 fully saturated rings. The summed E-state index contributed by atoms with van der Waals surface area (Å²) in [4.78, 5) is 45.2. The van der Waals surface area contributed by atoms with Crippen molar-refractivity contribution in [1.82, 2.24) is 9.80 Å². The zero-order valence-electron chi connectivity index (χ0n) is 24.6. The molecule has 4 aliphatic rings. The molecule has 3 aliphatic carbocycles. The molecule has 1 aliphatic heterocycles. The number of fused-ring (bicyclic) bond motifs is 4. The highest BCUT2D eigenvalue weighted by atomic mass is 16.3. The van der Waals surface area contributed by atoms with Gasteiger partial charge in [-0.2, -0.15) is 0 Å². The van der Waals surface area contributed by atoms with Gasteiger partial charge < -0.3 is 31.1 Å².